The zero-order valence-electron chi connectivity index (χ0n) is 7.91. The van der Waals surface area contributed by atoms with Gasteiger partial charge in [0.1, 0.15) is 0 Å². The predicted octanol–water partition coefficient (Wildman–Crippen LogP) is 1.01. The fourth-order valence-corrected chi connectivity index (χ4v) is 1.15. The molecule has 0 saturated carbocycles. The highest BCUT2D eigenvalue weighted by atomic mass is 16.2. The van der Waals surface area contributed by atoms with Gasteiger partial charge in [-0.15, -0.1) is 0 Å². The van der Waals surface area contributed by atoms with Crippen molar-refractivity contribution in [2.45, 2.75) is 13.3 Å². The van der Waals surface area contributed by atoms with Crippen molar-refractivity contribution < 1.29 is 9.59 Å². The zero-order chi connectivity index (χ0) is 10.6. The SMILES string of the molecule is CC(=O)C1=CC=CC=C(NC(N)=O)C1. The molecule has 0 atom stereocenters. The Hall–Kier alpha value is -1.84. The van der Waals surface area contributed by atoms with Crippen LogP contribution in [0.15, 0.2) is 35.6 Å². The molecule has 1 rings (SSSR count). The van der Waals surface area contributed by atoms with Gasteiger partial charge in [0, 0.05) is 17.7 Å². The number of carbonyl (C=O) groups is 2. The summed E-state index contributed by atoms with van der Waals surface area (Å²) in [6.45, 7) is 1.49. The fraction of sp³-hybridized carbons (Fsp3) is 0.200. The standard InChI is InChI=1S/C10H12N2O2/c1-7(13)8-4-2-3-5-9(6-8)12-10(11)14/h2-5H,6H2,1H3,(H3,11,12,14). The highest BCUT2D eigenvalue weighted by Gasteiger charge is 2.08. The third-order valence-electron chi connectivity index (χ3n) is 1.82. The van der Waals surface area contributed by atoms with E-state index in [2.05, 4.69) is 5.32 Å². The van der Waals surface area contributed by atoms with Crippen LogP contribution in [0.5, 0.6) is 0 Å². The Labute approximate surface area is 82.2 Å². The normalized spacial score (nSPS) is 15.2. The second-order valence-electron chi connectivity index (χ2n) is 2.99. The largest absolute Gasteiger partial charge is 0.351 e. The minimum Gasteiger partial charge on any atom is -0.351 e. The van der Waals surface area contributed by atoms with Gasteiger partial charge in [0.15, 0.2) is 5.78 Å². The van der Waals surface area contributed by atoms with Crippen molar-refractivity contribution in [3.05, 3.63) is 35.6 Å². The maximum absolute atomic E-state index is 11.1. The van der Waals surface area contributed by atoms with E-state index in [1.54, 1.807) is 24.3 Å². The number of ketones is 1. The van der Waals surface area contributed by atoms with Gasteiger partial charge in [-0.25, -0.2) is 4.79 Å². The number of nitrogens with two attached hydrogens (primary N) is 1. The molecule has 2 amide bonds. The molecule has 14 heavy (non-hydrogen) atoms. The lowest BCUT2D eigenvalue weighted by molar-refractivity contribution is -0.113. The molecular weight excluding hydrogens is 180 g/mol. The molecule has 0 saturated heterocycles. The molecule has 0 radical (unpaired) electrons. The molecule has 0 aromatic heterocycles. The highest BCUT2D eigenvalue weighted by molar-refractivity contribution is 5.94. The number of Topliss-reactive ketones (excluding diaryl/α,β-unsaturated/α-hetero) is 1. The van der Waals surface area contributed by atoms with E-state index >= 15 is 0 Å². The molecule has 3 N–H and O–H groups in total. The van der Waals surface area contributed by atoms with Gasteiger partial charge in [0.05, 0.1) is 0 Å². The molecule has 1 aliphatic carbocycles. The third-order valence-corrected chi connectivity index (χ3v) is 1.82. The van der Waals surface area contributed by atoms with Gasteiger partial charge in [-0.05, 0) is 13.0 Å². The van der Waals surface area contributed by atoms with Crippen LogP contribution in [0.3, 0.4) is 0 Å². The molecule has 4 nitrogen and oxygen atoms in total. The van der Waals surface area contributed by atoms with Crippen molar-refractivity contribution in [2.75, 3.05) is 0 Å². The third kappa shape index (κ3) is 2.90. The van der Waals surface area contributed by atoms with Gasteiger partial charge in [-0.2, -0.15) is 0 Å². The number of urea groups is 1. The molecule has 0 heterocycles. The lowest BCUT2D eigenvalue weighted by atomic mass is 10.1. The van der Waals surface area contributed by atoms with Crippen molar-refractivity contribution in [3.8, 4) is 0 Å². The molecule has 0 unspecified atom stereocenters. The number of carbonyl (C=O) groups excluding carboxylic acids is 2. The number of hydrogen-bond acceptors (Lipinski definition) is 2. The van der Waals surface area contributed by atoms with Gasteiger partial charge >= 0.3 is 6.03 Å². The van der Waals surface area contributed by atoms with Crippen molar-refractivity contribution in [2.24, 2.45) is 5.73 Å². The summed E-state index contributed by atoms with van der Waals surface area (Å²) in [4.78, 5) is 21.7. The van der Waals surface area contributed by atoms with E-state index in [0.29, 0.717) is 17.7 Å². The monoisotopic (exact) mass is 192 g/mol. The summed E-state index contributed by atoms with van der Waals surface area (Å²) in [7, 11) is 0. The van der Waals surface area contributed by atoms with E-state index in [1.165, 1.54) is 6.92 Å². The van der Waals surface area contributed by atoms with Gasteiger partial charge in [0.25, 0.3) is 0 Å². The Morgan fingerprint density at radius 3 is 2.57 bits per heavy atom. The van der Waals surface area contributed by atoms with Crippen LogP contribution >= 0.6 is 0 Å². The summed E-state index contributed by atoms with van der Waals surface area (Å²) in [6.07, 6.45) is 7.37. The first-order valence-corrected chi connectivity index (χ1v) is 4.23. The number of amides is 2. The Bertz CT molecular complexity index is 351. The van der Waals surface area contributed by atoms with Gasteiger partial charge in [-0.3, -0.25) is 4.79 Å². The van der Waals surface area contributed by atoms with E-state index in [-0.39, 0.29) is 5.78 Å². The van der Waals surface area contributed by atoms with Crippen molar-refractivity contribution in [1.29, 1.82) is 0 Å². The van der Waals surface area contributed by atoms with Crippen LogP contribution in [0.25, 0.3) is 0 Å². The van der Waals surface area contributed by atoms with Crippen LogP contribution in [0.1, 0.15) is 13.3 Å². The quantitative estimate of drug-likeness (QED) is 0.685. The van der Waals surface area contributed by atoms with Crippen LogP contribution in [0.2, 0.25) is 0 Å². The minimum absolute atomic E-state index is 0.00581. The fourth-order valence-electron chi connectivity index (χ4n) is 1.15. The van der Waals surface area contributed by atoms with Crippen LogP contribution in [-0.2, 0) is 4.79 Å². The van der Waals surface area contributed by atoms with Crippen molar-refractivity contribution in [3.63, 3.8) is 0 Å². The summed E-state index contributed by atoms with van der Waals surface area (Å²) >= 11 is 0. The summed E-state index contributed by atoms with van der Waals surface area (Å²) in [5.41, 5.74) is 6.26. The number of hydrogen-bond donors (Lipinski definition) is 2. The molecule has 0 aliphatic heterocycles. The number of allylic oxidation sites excluding steroid dienone is 5. The Morgan fingerprint density at radius 1 is 1.36 bits per heavy atom. The van der Waals surface area contributed by atoms with E-state index in [0.717, 1.165) is 0 Å². The van der Waals surface area contributed by atoms with Crippen LogP contribution in [0, 0.1) is 0 Å². The minimum atomic E-state index is -0.616. The van der Waals surface area contributed by atoms with Crippen LogP contribution in [0.4, 0.5) is 4.79 Å². The second-order valence-corrected chi connectivity index (χ2v) is 2.99. The lowest BCUT2D eigenvalue weighted by Crippen LogP contribution is -2.29. The molecule has 0 spiro atoms. The van der Waals surface area contributed by atoms with E-state index < -0.39 is 6.03 Å². The van der Waals surface area contributed by atoms with Crippen molar-refractivity contribution >= 4 is 11.8 Å². The Balaban J connectivity index is 2.78. The first kappa shape index (κ1) is 10.2. The molecule has 0 aromatic carbocycles. The smallest absolute Gasteiger partial charge is 0.316 e. The Kier molecular flexibility index (Phi) is 3.23. The van der Waals surface area contributed by atoms with Crippen molar-refractivity contribution in [1.82, 2.24) is 5.32 Å². The van der Waals surface area contributed by atoms with Crippen LogP contribution in [-0.4, -0.2) is 11.8 Å². The molecule has 0 aromatic rings. The van der Waals surface area contributed by atoms with Gasteiger partial charge in [-0.1, -0.05) is 18.2 Å². The highest BCUT2D eigenvalue weighted by Crippen LogP contribution is 2.13. The first-order valence-electron chi connectivity index (χ1n) is 4.23. The van der Waals surface area contributed by atoms with E-state index in [4.69, 9.17) is 5.73 Å². The second kappa shape index (κ2) is 4.41. The van der Waals surface area contributed by atoms with Gasteiger partial charge < -0.3 is 11.1 Å². The first-order chi connectivity index (χ1) is 6.59. The molecular formula is C10H12N2O2. The summed E-state index contributed by atoms with van der Waals surface area (Å²) in [5, 5.41) is 2.46. The van der Waals surface area contributed by atoms with E-state index in [9.17, 15) is 9.59 Å². The predicted molar refractivity (Wildman–Crippen MR) is 53.3 cm³/mol. The Morgan fingerprint density at radius 2 is 2.00 bits per heavy atom. The summed E-state index contributed by atoms with van der Waals surface area (Å²) in [5.74, 6) is -0.00581. The van der Waals surface area contributed by atoms with Crippen LogP contribution < -0.4 is 11.1 Å². The number of primary amides is 1. The summed E-state index contributed by atoms with van der Waals surface area (Å²) in [6, 6.07) is -0.616. The zero-order valence-corrected chi connectivity index (χ0v) is 7.91. The maximum atomic E-state index is 11.1. The average Bonchev–Trinajstić information content (AvgIpc) is 2.28. The molecule has 0 bridgehead atoms. The molecule has 0 fully saturated rings. The van der Waals surface area contributed by atoms with Gasteiger partial charge in [0.2, 0.25) is 0 Å². The average molecular weight is 192 g/mol. The van der Waals surface area contributed by atoms with E-state index in [1.807, 2.05) is 0 Å². The number of nitrogens with one attached hydrogen (secondary N) is 1. The molecule has 1 aliphatic rings. The lowest BCUT2D eigenvalue weighted by Gasteiger charge is -2.06. The maximum Gasteiger partial charge on any atom is 0.316 e. The molecule has 74 valence electrons. The number of rotatable bonds is 2. The molecule has 4 heteroatoms. The summed E-state index contributed by atoms with van der Waals surface area (Å²) < 4.78 is 0. The topological polar surface area (TPSA) is 72.2 Å².